The summed E-state index contributed by atoms with van der Waals surface area (Å²) in [4.78, 5) is 28.7. The molecule has 7 nitrogen and oxygen atoms in total. The molecular formula is C21H24N2O5. The fourth-order valence-corrected chi connectivity index (χ4v) is 3.10. The van der Waals surface area contributed by atoms with Crippen molar-refractivity contribution in [1.82, 2.24) is 9.80 Å². The van der Waals surface area contributed by atoms with Crippen LogP contribution in [0.4, 0.5) is 0 Å². The molecular weight excluding hydrogens is 360 g/mol. The summed E-state index contributed by atoms with van der Waals surface area (Å²) in [6.45, 7) is 6.18. The van der Waals surface area contributed by atoms with Crippen molar-refractivity contribution in [1.29, 1.82) is 0 Å². The van der Waals surface area contributed by atoms with E-state index in [2.05, 4.69) is 0 Å². The van der Waals surface area contributed by atoms with Gasteiger partial charge in [-0.3, -0.25) is 9.59 Å². The van der Waals surface area contributed by atoms with E-state index in [1.54, 1.807) is 25.2 Å². The Morgan fingerprint density at radius 1 is 0.929 bits per heavy atom. The lowest BCUT2D eigenvalue weighted by Crippen LogP contribution is -2.42. The lowest BCUT2D eigenvalue weighted by molar-refractivity contribution is 0.0652. The summed E-state index contributed by atoms with van der Waals surface area (Å²) in [5, 5.41) is 30.0. The molecule has 0 unspecified atom stereocenters. The average molecular weight is 384 g/mol. The number of carbonyl (C=O) groups excluding carboxylic acids is 2. The number of amides is 2. The highest BCUT2D eigenvalue weighted by molar-refractivity contribution is 6.03. The van der Waals surface area contributed by atoms with Crippen LogP contribution in [0.2, 0.25) is 0 Å². The molecule has 2 aromatic carbocycles. The van der Waals surface area contributed by atoms with Crippen LogP contribution in [-0.2, 0) is 13.1 Å². The van der Waals surface area contributed by atoms with E-state index < -0.39 is 23.1 Å². The number of hydrogen-bond acceptors (Lipinski definition) is 5. The fourth-order valence-electron chi connectivity index (χ4n) is 3.10. The zero-order chi connectivity index (χ0) is 20.8. The summed E-state index contributed by atoms with van der Waals surface area (Å²) in [6, 6.07) is 7.17. The van der Waals surface area contributed by atoms with Gasteiger partial charge in [0.2, 0.25) is 0 Å². The molecule has 0 bridgehead atoms. The number of fused-ring (bicyclic) bond motifs is 1. The van der Waals surface area contributed by atoms with Gasteiger partial charge in [0.15, 0.2) is 0 Å². The second-order valence-electron chi connectivity index (χ2n) is 8.04. The third-order valence-electron chi connectivity index (χ3n) is 5.09. The smallest absolute Gasteiger partial charge is 0.258 e. The quantitative estimate of drug-likeness (QED) is 0.739. The number of phenolic OH excluding ortho intramolecular Hbond substituents is 3. The first-order valence-corrected chi connectivity index (χ1v) is 8.93. The maximum Gasteiger partial charge on any atom is 0.258 e. The van der Waals surface area contributed by atoms with Crippen molar-refractivity contribution in [2.75, 3.05) is 7.05 Å². The van der Waals surface area contributed by atoms with E-state index in [0.717, 1.165) is 17.2 Å². The Bertz CT molecular complexity index is 962. The van der Waals surface area contributed by atoms with Crippen molar-refractivity contribution in [2.45, 2.75) is 39.4 Å². The van der Waals surface area contributed by atoms with Gasteiger partial charge in [-0.1, -0.05) is 6.07 Å². The van der Waals surface area contributed by atoms with Gasteiger partial charge in [-0.15, -0.1) is 0 Å². The summed E-state index contributed by atoms with van der Waals surface area (Å²) in [5.41, 5.74) is 1.15. The SMILES string of the molecule is CN(C(=O)c1cc(C(=O)N2Cc3ccc(O)cc3C2)c(O)cc1O)C(C)(C)C. The van der Waals surface area contributed by atoms with Gasteiger partial charge in [0, 0.05) is 31.7 Å². The predicted octanol–water partition coefficient (Wildman–Crippen LogP) is 2.83. The summed E-state index contributed by atoms with van der Waals surface area (Å²) in [6.07, 6.45) is 0. The number of phenols is 3. The van der Waals surface area contributed by atoms with Crippen LogP contribution < -0.4 is 0 Å². The summed E-state index contributed by atoms with van der Waals surface area (Å²) >= 11 is 0. The Labute approximate surface area is 163 Å². The fraction of sp³-hybridized carbons (Fsp3) is 0.333. The normalized spacial score (nSPS) is 13.4. The zero-order valence-corrected chi connectivity index (χ0v) is 16.4. The monoisotopic (exact) mass is 384 g/mol. The molecule has 2 amide bonds. The Balaban J connectivity index is 1.93. The molecule has 1 aliphatic heterocycles. The minimum Gasteiger partial charge on any atom is -0.508 e. The second-order valence-corrected chi connectivity index (χ2v) is 8.04. The highest BCUT2D eigenvalue weighted by Gasteiger charge is 2.30. The molecule has 7 heteroatoms. The van der Waals surface area contributed by atoms with Crippen LogP contribution in [0.3, 0.4) is 0 Å². The third kappa shape index (κ3) is 3.47. The predicted molar refractivity (Wildman–Crippen MR) is 103 cm³/mol. The van der Waals surface area contributed by atoms with E-state index in [1.807, 2.05) is 20.8 Å². The van der Waals surface area contributed by atoms with Gasteiger partial charge >= 0.3 is 0 Å². The highest BCUT2D eigenvalue weighted by Crippen LogP contribution is 2.33. The molecule has 0 saturated carbocycles. The van der Waals surface area contributed by atoms with Gasteiger partial charge in [-0.05, 0) is 50.1 Å². The molecule has 148 valence electrons. The van der Waals surface area contributed by atoms with E-state index in [1.165, 1.54) is 15.9 Å². The Kier molecular flexibility index (Phi) is 4.71. The standard InChI is InChI=1S/C21H24N2O5/c1-21(2,3)22(4)19(27)15-8-16(18(26)9-17(15)25)20(28)23-10-12-5-6-14(24)7-13(12)11-23/h5-9,24-26H,10-11H2,1-4H3. The van der Waals surface area contributed by atoms with Crippen LogP contribution in [0.1, 0.15) is 52.6 Å². The first-order chi connectivity index (χ1) is 13.0. The number of benzene rings is 2. The van der Waals surface area contributed by atoms with Crippen molar-refractivity contribution in [3.63, 3.8) is 0 Å². The van der Waals surface area contributed by atoms with E-state index in [-0.39, 0.29) is 29.2 Å². The molecule has 0 fully saturated rings. The first kappa shape index (κ1) is 19.5. The number of aromatic hydroxyl groups is 3. The lowest BCUT2D eigenvalue weighted by atomic mass is 10.0. The molecule has 0 radical (unpaired) electrons. The van der Waals surface area contributed by atoms with Crippen molar-refractivity contribution in [3.8, 4) is 17.2 Å². The van der Waals surface area contributed by atoms with Gasteiger partial charge in [0.25, 0.3) is 11.8 Å². The van der Waals surface area contributed by atoms with Crippen molar-refractivity contribution in [2.24, 2.45) is 0 Å². The number of nitrogens with zero attached hydrogens (tertiary/aromatic N) is 2. The Hall–Kier alpha value is -3.22. The molecule has 3 rings (SSSR count). The first-order valence-electron chi connectivity index (χ1n) is 8.93. The van der Waals surface area contributed by atoms with Gasteiger partial charge in [0.1, 0.15) is 17.2 Å². The molecule has 0 aromatic heterocycles. The van der Waals surface area contributed by atoms with E-state index in [4.69, 9.17) is 0 Å². The minimum atomic E-state index is -0.482. The Morgan fingerprint density at radius 2 is 1.54 bits per heavy atom. The van der Waals surface area contributed by atoms with Crippen LogP contribution in [0.5, 0.6) is 17.2 Å². The number of carbonyl (C=O) groups is 2. The van der Waals surface area contributed by atoms with Crippen LogP contribution in [0, 0.1) is 0 Å². The molecule has 0 saturated heterocycles. The molecule has 0 spiro atoms. The third-order valence-corrected chi connectivity index (χ3v) is 5.09. The summed E-state index contributed by atoms with van der Waals surface area (Å²) < 4.78 is 0. The lowest BCUT2D eigenvalue weighted by Gasteiger charge is -2.32. The molecule has 3 N–H and O–H groups in total. The zero-order valence-electron chi connectivity index (χ0n) is 16.4. The molecule has 1 heterocycles. The van der Waals surface area contributed by atoms with Crippen LogP contribution in [0.25, 0.3) is 0 Å². The van der Waals surface area contributed by atoms with Gasteiger partial charge in [-0.2, -0.15) is 0 Å². The number of hydrogen-bond donors (Lipinski definition) is 3. The highest BCUT2D eigenvalue weighted by atomic mass is 16.3. The van der Waals surface area contributed by atoms with E-state index in [0.29, 0.717) is 6.54 Å². The topological polar surface area (TPSA) is 101 Å². The Morgan fingerprint density at radius 3 is 2.18 bits per heavy atom. The summed E-state index contributed by atoms with van der Waals surface area (Å²) in [5.74, 6) is -1.56. The van der Waals surface area contributed by atoms with Gasteiger partial charge < -0.3 is 25.1 Å². The summed E-state index contributed by atoms with van der Waals surface area (Å²) in [7, 11) is 1.61. The van der Waals surface area contributed by atoms with Gasteiger partial charge in [0.05, 0.1) is 11.1 Å². The maximum atomic E-state index is 13.0. The van der Waals surface area contributed by atoms with Crippen molar-refractivity contribution in [3.05, 3.63) is 52.6 Å². The molecule has 1 aliphatic rings. The molecule has 0 atom stereocenters. The van der Waals surface area contributed by atoms with Crippen LogP contribution >= 0.6 is 0 Å². The molecule has 28 heavy (non-hydrogen) atoms. The van der Waals surface area contributed by atoms with Crippen molar-refractivity contribution >= 4 is 11.8 Å². The largest absolute Gasteiger partial charge is 0.508 e. The van der Waals surface area contributed by atoms with Crippen LogP contribution in [0.15, 0.2) is 30.3 Å². The minimum absolute atomic E-state index is 0.0482. The van der Waals surface area contributed by atoms with Gasteiger partial charge in [-0.25, -0.2) is 0 Å². The van der Waals surface area contributed by atoms with Crippen molar-refractivity contribution < 1.29 is 24.9 Å². The average Bonchev–Trinajstić information content (AvgIpc) is 3.02. The van der Waals surface area contributed by atoms with Crippen LogP contribution in [-0.4, -0.2) is 49.5 Å². The number of rotatable bonds is 2. The van der Waals surface area contributed by atoms with E-state index >= 15 is 0 Å². The van der Waals surface area contributed by atoms with E-state index in [9.17, 15) is 24.9 Å². The molecule has 0 aliphatic carbocycles. The second kappa shape index (κ2) is 6.74. The molecule has 2 aromatic rings. The maximum absolute atomic E-state index is 13.0.